The van der Waals surface area contributed by atoms with E-state index in [9.17, 15) is 14.9 Å². The Bertz CT molecular complexity index is 839. The minimum atomic E-state index is -0.544. The van der Waals surface area contributed by atoms with Crippen molar-refractivity contribution in [2.24, 2.45) is 0 Å². The second kappa shape index (κ2) is 8.39. The number of para-hydroxylation sites is 2. The molecule has 27 heavy (non-hydrogen) atoms. The Hall–Kier alpha value is -3.29. The Morgan fingerprint density at radius 2 is 1.96 bits per heavy atom. The molecular formula is C19H20N2O6. The number of ether oxygens (including phenoxy) is 3. The number of hydrogen-bond acceptors (Lipinski definition) is 6. The Morgan fingerprint density at radius 3 is 2.70 bits per heavy atom. The highest BCUT2D eigenvalue weighted by molar-refractivity contribution is 5.78. The van der Waals surface area contributed by atoms with Crippen LogP contribution in [0.1, 0.15) is 24.9 Å². The summed E-state index contributed by atoms with van der Waals surface area (Å²) in [5.41, 5.74) is 0.713. The maximum atomic E-state index is 12.3. The molecule has 0 saturated heterocycles. The molecule has 0 spiro atoms. The van der Waals surface area contributed by atoms with Crippen LogP contribution >= 0.6 is 0 Å². The van der Waals surface area contributed by atoms with Gasteiger partial charge in [0.15, 0.2) is 23.9 Å². The van der Waals surface area contributed by atoms with Gasteiger partial charge in [0.05, 0.1) is 11.0 Å². The topological polar surface area (TPSA) is 99.9 Å². The molecule has 8 nitrogen and oxygen atoms in total. The fraction of sp³-hybridized carbons (Fsp3) is 0.316. The maximum Gasteiger partial charge on any atom is 0.310 e. The molecule has 1 aliphatic rings. The normalized spacial score (nSPS) is 13.5. The lowest BCUT2D eigenvalue weighted by atomic mass is 10.0. The van der Waals surface area contributed by atoms with Gasteiger partial charge in [0.25, 0.3) is 5.91 Å². The summed E-state index contributed by atoms with van der Waals surface area (Å²) in [5, 5.41) is 13.9. The molecule has 3 rings (SSSR count). The van der Waals surface area contributed by atoms with Crippen LogP contribution in [0.2, 0.25) is 0 Å². The molecule has 0 aromatic heterocycles. The monoisotopic (exact) mass is 372 g/mol. The first-order valence-electron chi connectivity index (χ1n) is 8.63. The van der Waals surface area contributed by atoms with Gasteiger partial charge in [-0.1, -0.05) is 25.1 Å². The highest BCUT2D eigenvalue weighted by Gasteiger charge is 2.19. The van der Waals surface area contributed by atoms with E-state index < -0.39 is 4.92 Å². The van der Waals surface area contributed by atoms with Crippen molar-refractivity contribution >= 4 is 11.6 Å². The van der Waals surface area contributed by atoms with Crippen molar-refractivity contribution < 1.29 is 23.9 Å². The fourth-order valence-electron chi connectivity index (χ4n) is 2.81. The molecular weight excluding hydrogens is 352 g/mol. The summed E-state index contributed by atoms with van der Waals surface area (Å²) in [4.78, 5) is 22.7. The zero-order chi connectivity index (χ0) is 19.2. The number of rotatable bonds is 7. The number of amides is 1. The van der Waals surface area contributed by atoms with Crippen molar-refractivity contribution in [3.8, 4) is 17.2 Å². The lowest BCUT2D eigenvalue weighted by Crippen LogP contribution is -2.32. The molecule has 0 saturated carbocycles. The predicted octanol–water partition coefficient (Wildman–Crippen LogP) is 3.01. The quantitative estimate of drug-likeness (QED) is 0.592. The summed E-state index contributed by atoms with van der Waals surface area (Å²) < 4.78 is 16.4. The average Bonchev–Trinajstić information content (AvgIpc) is 2.70. The largest absolute Gasteiger partial charge is 0.486 e. The molecule has 0 radical (unpaired) electrons. The van der Waals surface area contributed by atoms with E-state index in [1.165, 1.54) is 12.1 Å². The number of nitro groups is 1. The van der Waals surface area contributed by atoms with Gasteiger partial charge in [-0.05, 0) is 30.2 Å². The summed E-state index contributed by atoms with van der Waals surface area (Å²) in [6, 6.07) is 11.3. The van der Waals surface area contributed by atoms with Crippen molar-refractivity contribution in [1.29, 1.82) is 0 Å². The van der Waals surface area contributed by atoms with E-state index >= 15 is 0 Å². The lowest BCUT2D eigenvalue weighted by Gasteiger charge is -2.22. The van der Waals surface area contributed by atoms with Gasteiger partial charge in [0, 0.05) is 6.07 Å². The summed E-state index contributed by atoms with van der Waals surface area (Å²) in [6.45, 7) is 2.64. The third-order valence-corrected chi connectivity index (χ3v) is 4.13. The number of nitro benzene ring substituents is 1. The van der Waals surface area contributed by atoms with E-state index in [0.29, 0.717) is 31.1 Å². The SMILES string of the molecule is CC[C@@H](NC(=O)COc1ccccc1[N+](=O)[O-])c1ccc2c(c1)OCCO2. The molecule has 0 aliphatic carbocycles. The van der Waals surface area contributed by atoms with E-state index in [1.807, 2.05) is 25.1 Å². The standard InChI is InChI=1S/C19H20N2O6/c1-2-14(13-7-8-17-18(11-13)26-10-9-25-17)20-19(22)12-27-16-6-4-3-5-15(16)21(23)24/h3-8,11,14H,2,9-10,12H2,1H3,(H,20,22)/t14-/m1/s1. The van der Waals surface area contributed by atoms with E-state index in [4.69, 9.17) is 14.2 Å². The molecule has 1 heterocycles. The van der Waals surface area contributed by atoms with Crippen LogP contribution in [0.25, 0.3) is 0 Å². The van der Waals surface area contributed by atoms with Gasteiger partial charge in [-0.15, -0.1) is 0 Å². The third-order valence-electron chi connectivity index (χ3n) is 4.13. The second-order valence-corrected chi connectivity index (χ2v) is 5.94. The van der Waals surface area contributed by atoms with Gasteiger partial charge >= 0.3 is 5.69 Å². The smallest absolute Gasteiger partial charge is 0.310 e. The fourth-order valence-corrected chi connectivity index (χ4v) is 2.81. The zero-order valence-electron chi connectivity index (χ0n) is 14.8. The molecule has 2 aromatic rings. The van der Waals surface area contributed by atoms with Gasteiger partial charge in [0.2, 0.25) is 0 Å². The van der Waals surface area contributed by atoms with Crippen LogP contribution in [0.3, 0.4) is 0 Å². The molecule has 1 amide bonds. The first-order chi connectivity index (χ1) is 13.1. The first-order valence-corrected chi connectivity index (χ1v) is 8.63. The molecule has 0 bridgehead atoms. The van der Waals surface area contributed by atoms with Crippen LogP contribution in [-0.4, -0.2) is 30.7 Å². The number of carbonyl (C=O) groups excluding carboxylic acids is 1. The van der Waals surface area contributed by atoms with Crippen LogP contribution in [0.5, 0.6) is 17.2 Å². The third kappa shape index (κ3) is 4.46. The average molecular weight is 372 g/mol. The van der Waals surface area contributed by atoms with Crippen LogP contribution in [0.4, 0.5) is 5.69 Å². The van der Waals surface area contributed by atoms with E-state index in [2.05, 4.69) is 5.32 Å². The Kier molecular flexibility index (Phi) is 5.75. The van der Waals surface area contributed by atoms with Crippen molar-refractivity contribution in [2.45, 2.75) is 19.4 Å². The summed E-state index contributed by atoms with van der Waals surface area (Å²) in [6.07, 6.45) is 0.664. The number of carbonyl (C=O) groups is 1. The molecule has 142 valence electrons. The highest BCUT2D eigenvalue weighted by Crippen LogP contribution is 2.33. The van der Waals surface area contributed by atoms with Gasteiger partial charge in [-0.2, -0.15) is 0 Å². The Morgan fingerprint density at radius 1 is 1.22 bits per heavy atom. The zero-order valence-corrected chi connectivity index (χ0v) is 14.8. The first kappa shape index (κ1) is 18.5. The van der Waals surface area contributed by atoms with Gasteiger partial charge in [-0.25, -0.2) is 0 Å². The minimum Gasteiger partial charge on any atom is -0.486 e. The van der Waals surface area contributed by atoms with Crippen molar-refractivity contribution in [2.75, 3.05) is 19.8 Å². The number of benzene rings is 2. The van der Waals surface area contributed by atoms with E-state index in [0.717, 1.165) is 5.56 Å². The van der Waals surface area contributed by atoms with Crippen LogP contribution in [0, 0.1) is 10.1 Å². The molecule has 0 fully saturated rings. The highest BCUT2D eigenvalue weighted by atomic mass is 16.6. The summed E-state index contributed by atoms with van der Waals surface area (Å²) >= 11 is 0. The van der Waals surface area contributed by atoms with Crippen molar-refractivity contribution in [3.05, 3.63) is 58.1 Å². The molecule has 8 heteroatoms. The predicted molar refractivity (Wildman–Crippen MR) is 97.2 cm³/mol. The lowest BCUT2D eigenvalue weighted by molar-refractivity contribution is -0.385. The molecule has 0 unspecified atom stereocenters. The molecule has 1 aliphatic heterocycles. The van der Waals surface area contributed by atoms with E-state index in [-0.39, 0.29) is 30.0 Å². The van der Waals surface area contributed by atoms with Crippen LogP contribution in [0.15, 0.2) is 42.5 Å². The number of fused-ring (bicyclic) bond motifs is 1. The van der Waals surface area contributed by atoms with Gasteiger partial charge in [0.1, 0.15) is 13.2 Å². The molecule has 1 N–H and O–H groups in total. The van der Waals surface area contributed by atoms with E-state index in [1.54, 1.807) is 12.1 Å². The molecule has 1 atom stereocenters. The second-order valence-electron chi connectivity index (χ2n) is 5.94. The van der Waals surface area contributed by atoms with Crippen molar-refractivity contribution in [1.82, 2.24) is 5.32 Å². The summed E-state index contributed by atoms with van der Waals surface area (Å²) in [5.74, 6) is 1.04. The van der Waals surface area contributed by atoms with Crippen LogP contribution in [-0.2, 0) is 4.79 Å². The van der Waals surface area contributed by atoms with Gasteiger partial charge < -0.3 is 19.5 Å². The summed E-state index contributed by atoms with van der Waals surface area (Å²) in [7, 11) is 0. The Balaban J connectivity index is 1.63. The molecule has 2 aromatic carbocycles. The Labute approximate surface area is 156 Å². The maximum absolute atomic E-state index is 12.3. The number of hydrogen-bond donors (Lipinski definition) is 1. The minimum absolute atomic E-state index is 0.0602. The van der Waals surface area contributed by atoms with Crippen molar-refractivity contribution in [3.63, 3.8) is 0 Å². The number of nitrogens with zero attached hydrogens (tertiary/aromatic N) is 1. The van der Waals surface area contributed by atoms with Crippen LogP contribution < -0.4 is 19.5 Å². The van der Waals surface area contributed by atoms with Gasteiger partial charge in [-0.3, -0.25) is 14.9 Å². The number of nitrogens with one attached hydrogen (secondary N) is 1.